The SMILES string of the molecule is COCCNCc1nc(C(OC)c2ccccc2)no1. The molecule has 0 saturated heterocycles. The van der Waals surface area contributed by atoms with Gasteiger partial charge < -0.3 is 19.3 Å². The normalized spacial score (nSPS) is 12.5. The average molecular weight is 277 g/mol. The van der Waals surface area contributed by atoms with Crippen LogP contribution in [0.1, 0.15) is 23.4 Å². The maximum Gasteiger partial charge on any atom is 0.240 e. The Kier molecular flexibility index (Phi) is 5.67. The van der Waals surface area contributed by atoms with E-state index in [1.165, 1.54) is 0 Å². The second-order valence-corrected chi connectivity index (χ2v) is 4.24. The zero-order valence-corrected chi connectivity index (χ0v) is 11.7. The number of nitrogens with zero attached hydrogens (tertiary/aromatic N) is 2. The van der Waals surface area contributed by atoms with Crippen LogP contribution in [0.3, 0.4) is 0 Å². The summed E-state index contributed by atoms with van der Waals surface area (Å²) in [6, 6.07) is 9.81. The topological polar surface area (TPSA) is 69.4 Å². The molecular weight excluding hydrogens is 258 g/mol. The van der Waals surface area contributed by atoms with Gasteiger partial charge >= 0.3 is 0 Å². The lowest BCUT2D eigenvalue weighted by molar-refractivity contribution is 0.126. The summed E-state index contributed by atoms with van der Waals surface area (Å²) < 4.78 is 15.6. The summed E-state index contributed by atoms with van der Waals surface area (Å²) in [6.07, 6.45) is -0.312. The standard InChI is InChI=1S/C14H19N3O3/c1-18-9-8-15-10-12-16-14(17-20-12)13(19-2)11-6-4-3-5-7-11/h3-7,13,15H,8-10H2,1-2H3. The number of methoxy groups -OCH3 is 2. The number of aromatic nitrogens is 2. The van der Waals surface area contributed by atoms with E-state index < -0.39 is 0 Å². The Bertz CT molecular complexity index is 501. The molecule has 0 aliphatic rings. The third-order valence-electron chi connectivity index (χ3n) is 2.82. The van der Waals surface area contributed by atoms with Gasteiger partial charge in [0.15, 0.2) is 0 Å². The van der Waals surface area contributed by atoms with Gasteiger partial charge in [-0.15, -0.1) is 0 Å². The highest BCUT2D eigenvalue weighted by Crippen LogP contribution is 2.22. The van der Waals surface area contributed by atoms with Crippen molar-refractivity contribution in [3.8, 4) is 0 Å². The average Bonchev–Trinajstić information content (AvgIpc) is 2.94. The molecule has 0 spiro atoms. The van der Waals surface area contributed by atoms with E-state index in [4.69, 9.17) is 14.0 Å². The minimum atomic E-state index is -0.312. The fraction of sp³-hybridized carbons (Fsp3) is 0.429. The van der Waals surface area contributed by atoms with Crippen LogP contribution in [-0.4, -0.2) is 37.5 Å². The third-order valence-corrected chi connectivity index (χ3v) is 2.82. The van der Waals surface area contributed by atoms with Gasteiger partial charge in [-0.1, -0.05) is 35.5 Å². The minimum absolute atomic E-state index is 0.312. The third kappa shape index (κ3) is 3.86. The van der Waals surface area contributed by atoms with E-state index in [1.807, 2.05) is 30.3 Å². The molecule has 0 fully saturated rings. The van der Waals surface area contributed by atoms with Crippen molar-refractivity contribution >= 4 is 0 Å². The lowest BCUT2D eigenvalue weighted by atomic mass is 10.1. The molecule has 2 rings (SSSR count). The van der Waals surface area contributed by atoms with E-state index in [1.54, 1.807) is 14.2 Å². The van der Waals surface area contributed by atoms with Crippen LogP contribution in [0.15, 0.2) is 34.9 Å². The van der Waals surface area contributed by atoms with Crippen LogP contribution in [0, 0.1) is 0 Å². The Hall–Kier alpha value is -1.76. The van der Waals surface area contributed by atoms with E-state index in [2.05, 4.69) is 15.5 Å². The quantitative estimate of drug-likeness (QED) is 0.738. The van der Waals surface area contributed by atoms with Crippen molar-refractivity contribution in [3.05, 3.63) is 47.6 Å². The first-order valence-electron chi connectivity index (χ1n) is 6.45. The lowest BCUT2D eigenvalue weighted by Crippen LogP contribution is -2.18. The molecule has 0 bridgehead atoms. The van der Waals surface area contributed by atoms with Crippen molar-refractivity contribution in [2.24, 2.45) is 0 Å². The van der Waals surface area contributed by atoms with Crippen molar-refractivity contribution in [2.45, 2.75) is 12.6 Å². The molecule has 0 amide bonds. The summed E-state index contributed by atoms with van der Waals surface area (Å²) >= 11 is 0. The van der Waals surface area contributed by atoms with Crippen molar-refractivity contribution in [1.29, 1.82) is 0 Å². The fourth-order valence-corrected chi connectivity index (χ4v) is 1.83. The summed E-state index contributed by atoms with van der Waals surface area (Å²) in [5, 5.41) is 7.13. The van der Waals surface area contributed by atoms with Crippen molar-refractivity contribution < 1.29 is 14.0 Å². The Balaban J connectivity index is 1.99. The molecule has 0 aliphatic heterocycles. The van der Waals surface area contributed by atoms with Gasteiger partial charge in [0.05, 0.1) is 13.2 Å². The van der Waals surface area contributed by atoms with E-state index >= 15 is 0 Å². The van der Waals surface area contributed by atoms with Gasteiger partial charge in [-0.05, 0) is 5.56 Å². The van der Waals surface area contributed by atoms with Gasteiger partial charge in [0.25, 0.3) is 0 Å². The van der Waals surface area contributed by atoms with Crippen LogP contribution >= 0.6 is 0 Å². The zero-order chi connectivity index (χ0) is 14.2. The molecular formula is C14H19N3O3. The first kappa shape index (κ1) is 14.6. The molecule has 0 saturated carbocycles. The van der Waals surface area contributed by atoms with Crippen molar-refractivity contribution in [1.82, 2.24) is 15.5 Å². The maximum atomic E-state index is 5.45. The highest BCUT2D eigenvalue weighted by Gasteiger charge is 2.19. The molecule has 2 aromatic rings. The van der Waals surface area contributed by atoms with Gasteiger partial charge in [0.1, 0.15) is 6.10 Å². The van der Waals surface area contributed by atoms with Crippen LogP contribution in [-0.2, 0) is 16.0 Å². The number of rotatable bonds is 8. The van der Waals surface area contributed by atoms with E-state index in [0.29, 0.717) is 24.9 Å². The molecule has 6 nitrogen and oxygen atoms in total. The summed E-state index contributed by atoms with van der Waals surface area (Å²) in [7, 11) is 3.29. The largest absolute Gasteiger partial charge is 0.383 e. The van der Waals surface area contributed by atoms with E-state index in [9.17, 15) is 0 Å². The molecule has 0 radical (unpaired) electrons. The van der Waals surface area contributed by atoms with Gasteiger partial charge in [-0.3, -0.25) is 0 Å². The summed E-state index contributed by atoms with van der Waals surface area (Å²) in [5.74, 6) is 1.07. The van der Waals surface area contributed by atoms with Crippen LogP contribution in [0.4, 0.5) is 0 Å². The van der Waals surface area contributed by atoms with Gasteiger partial charge in [-0.2, -0.15) is 4.98 Å². The Morgan fingerprint density at radius 2 is 2.05 bits per heavy atom. The summed E-state index contributed by atoms with van der Waals surface area (Å²) in [5.41, 5.74) is 0.995. The number of hydrogen-bond donors (Lipinski definition) is 1. The first-order chi connectivity index (χ1) is 9.85. The number of benzene rings is 1. The molecule has 108 valence electrons. The smallest absolute Gasteiger partial charge is 0.240 e. The molecule has 1 unspecified atom stereocenters. The number of nitrogens with one attached hydrogen (secondary N) is 1. The molecule has 1 N–H and O–H groups in total. The lowest BCUT2D eigenvalue weighted by Gasteiger charge is -2.10. The predicted octanol–water partition coefficient (Wildman–Crippen LogP) is 1.54. The van der Waals surface area contributed by atoms with E-state index in [0.717, 1.165) is 12.1 Å². The molecule has 1 aromatic heterocycles. The molecule has 6 heteroatoms. The first-order valence-corrected chi connectivity index (χ1v) is 6.45. The molecule has 1 aromatic carbocycles. The number of hydrogen-bond acceptors (Lipinski definition) is 6. The summed E-state index contributed by atoms with van der Waals surface area (Å²) in [4.78, 5) is 4.35. The Labute approximate surface area is 118 Å². The Morgan fingerprint density at radius 1 is 1.25 bits per heavy atom. The van der Waals surface area contributed by atoms with Gasteiger partial charge in [0, 0.05) is 20.8 Å². The van der Waals surface area contributed by atoms with E-state index in [-0.39, 0.29) is 6.10 Å². The summed E-state index contributed by atoms with van der Waals surface area (Å²) in [6.45, 7) is 1.90. The molecule has 1 atom stereocenters. The highest BCUT2D eigenvalue weighted by molar-refractivity contribution is 5.22. The second kappa shape index (κ2) is 7.74. The molecule has 20 heavy (non-hydrogen) atoms. The van der Waals surface area contributed by atoms with Crippen LogP contribution in [0.2, 0.25) is 0 Å². The fourth-order valence-electron chi connectivity index (χ4n) is 1.83. The second-order valence-electron chi connectivity index (χ2n) is 4.24. The van der Waals surface area contributed by atoms with Gasteiger partial charge in [0.2, 0.25) is 11.7 Å². The van der Waals surface area contributed by atoms with Crippen LogP contribution in [0.25, 0.3) is 0 Å². The highest BCUT2D eigenvalue weighted by atomic mass is 16.5. The van der Waals surface area contributed by atoms with Crippen molar-refractivity contribution in [2.75, 3.05) is 27.4 Å². The zero-order valence-electron chi connectivity index (χ0n) is 11.7. The Morgan fingerprint density at radius 3 is 2.75 bits per heavy atom. The maximum absolute atomic E-state index is 5.45. The molecule has 1 heterocycles. The molecule has 0 aliphatic carbocycles. The van der Waals surface area contributed by atoms with Crippen molar-refractivity contribution in [3.63, 3.8) is 0 Å². The predicted molar refractivity (Wildman–Crippen MR) is 73.2 cm³/mol. The monoisotopic (exact) mass is 277 g/mol. The van der Waals surface area contributed by atoms with Gasteiger partial charge in [-0.25, -0.2) is 0 Å². The van der Waals surface area contributed by atoms with Crippen LogP contribution in [0.5, 0.6) is 0 Å². The number of ether oxygens (including phenoxy) is 2. The minimum Gasteiger partial charge on any atom is -0.383 e. The van der Waals surface area contributed by atoms with Crippen LogP contribution < -0.4 is 5.32 Å².